The average molecular weight is 299 g/mol. The first kappa shape index (κ1) is 11.2. The molecular formula is C11H15BrN4O. The van der Waals surface area contributed by atoms with Gasteiger partial charge in [-0.1, -0.05) is 0 Å². The Labute approximate surface area is 108 Å². The summed E-state index contributed by atoms with van der Waals surface area (Å²) in [7, 11) is 0. The Kier molecular flexibility index (Phi) is 2.92. The van der Waals surface area contributed by atoms with Crippen molar-refractivity contribution in [2.45, 2.75) is 12.5 Å². The van der Waals surface area contributed by atoms with Crippen LogP contribution in [0.4, 0.5) is 0 Å². The lowest BCUT2D eigenvalue weighted by atomic mass is 10.0. The van der Waals surface area contributed by atoms with E-state index in [-0.39, 0.29) is 5.91 Å². The van der Waals surface area contributed by atoms with E-state index >= 15 is 0 Å². The van der Waals surface area contributed by atoms with Crippen molar-refractivity contribution < 1.29 is 4.79 Å². The Hall–Kier alpha value is -0.880. The maximum Gasteiger partial charge on any atom is 0.220 e. The first-order valence-electron chi connectivity index (χ1n) is 5.89. The summed E-state index contributed by atoms with van der Waals surface area (Å²) in [5.74, 6) is 0.691. The van der Waals surface area contributed by atoms with E-state index in [0.29, 0.717) is 18.4 Å². The smallest absolute Gasteiger partial charge is 0.220 e. The van der Waals surface area contributed by atoms with E-state index in [1.165, 1.54) is 0 Å². The summed E-state index contributed by atoms with van der Waals surface area (Å²) < 4.78 is 3.04. The third-order valence-electron chi connectivity index (χ3n) is 3.46. The van der Waals surface area contributed by atoms with Gasteiger partial charge in [0.05, 0.1) is 16.7 Å². The Morgan fingerprint density at radius 1 is 1.53 bits per heavy atom. The molecule has 2 fully saturated rings. The molecule has 1 aromatic rings. The Morgan fingerprint density at radius 3 is 2.94 bits per heavy atom. The molecular weight excluding hydrogens is 284 g/mol. The summed E-state index contributed by atoms with van der Waals surface area (Å²) in [5.41, 5.74) is 0. The first-order valence-corrected chi connectivity index (χ1v) is 6.69. The van der Waals surface area contributed by atoms with E-state index in [4.69, 9.17) is 0 Å². The third-order valence-corrected chi connectivity index (χ3v) is 3.87. The normalized spacial score (nSPS) is 25.9. The number of carbonyl (C=O) groups excluding carboxylic acids is 1. The van der Waals surface area contributed by atoms with Crippen LogP contribution in [0.3, 0.4) is 0 Å². The fourth-order valence-corrected chi connectivity index (χ4v) is 2.83. The Morgan fingerprint density at radius 2 is 2.35 bits per heavy atom. The molecule has 0 aromatic carbocycles. The molecule has 0 bridgehead atoms. The lowest BCUT2D eigenvalue weighted by molar-refractivity contribution is -0.119. The molecule has 3 heterocycles. The highest BCUT2D eigenvalue weighted by molar-refractivity contribution is 9.10. The predicted octanol–water partition coefficient (Wildman–Crippen LogP) is 0.638. The van der Waals surface area contributed by atoms with E-state index in [1.54, 1.807) is 0 Å². The lowest BCUT2D eigenvalue weighted by Crippen LogP contribution is -2.49. The highest BCUT2D eigenvalue weighted by Crippen LogP contribution is 2.24. The number of nitrogens with zero attached hydrogens (tertiary/aromatic N) is 3. The molecule has 5 nitrogen and oxygen atoms in total. The number of carbonyl (C=O) groups is 1. The molecule has 0 spiro atoms. The molecule has 17 heavy (non-hydrogen) atoms. The van der Waals surface area contributed by atoms with Crippen LogP contribution in [0.5, 0.6) is 0 Å². The van der Waals surface area contributed by atoms with Crippen molar-refractivity contribution in [3.05, 3.63) is 16.9 Å². The molecule has 1 N–H and O–H groups in total. The van der Waals surface area contributed by atoms with Crippen LogP contribution in [0, 0.1) is 5.92 Å². The van der Waals surface area contributed by atoms with Crippen molar-refractivity contribution in [3.8, 4) is 0 Å². The standard InChI is InChI=1S/C11H15BrN4O/c12-9-3-14-16(5-9)10-6-15(7-10)4-8-1-11(17)13-2-8/h3,5,8,10H,1-2,4,6-7H2,(H,13,17). The number of halogens is 1. The van der Waals surface area contributed by atoms with Crippen LogP contribution in [-0.2, 0) is 4.79 Å². The van der Waals surface area contributed by atoms with Crippen LogP contribution in [0.1, 0.15) is 12.5 Å². The summed E-state index contributed by atoms with van der Waals surface area (Å²) in [5, 5.41) is 7.17. The number of hydrogen-bond donors (Lipinski definition) is 1. The Balaban J connectivity index is 1.47. The van der Waals surface area contributed by atoms with Crippen molar-refractivity contribution in [2.24, 2.45) is 5.92 Å². The molecule has 1 atom stereocenters. The third kappa shape index (κ3) is 2.37. The van der Waals surface area contributed by atoms with Crippen LogP contribution < -0.4 is 5.32 Å². The minimum Gasteiger partial charge on any atom is -0.356 e. The Bertz CT molecular complexity index is 427. The largest absolute Gasteiger partial charge is 0.356 e. The molecule has 2 aliphatic heterocycles. The minimum atomic E-state index is 0.197. The van der Waals surface area contributed by atoms with Crippen LogP contribution in [0.15, 0.2) is 16.9 Å². The molecule has 2 aliphatic rings. The molecule has 92 valence electrons. The highest BCUT2D eigenvalue weighted by atomic mass is 79.9. The fourth-order valence-electron chi connectivity index (χ4n) is 2.53. The van der Waals surface area contributed by atoms with Gasteiger partial charge in [0, 0.05) is 38.8 Å². The van der Waals surface area contributed by atoms with Crippen LogP contribution in [-0.4, -0.2) is 46.8 Å². The van der Waals surface area contributed by atoms with Crippen LogP contribution in [0.2, 0.25) is 0 Å². The van der Waals surface area contributed by atoms with Gasteiger partial charge in [0.25, 0.3) is 0 Å². The monoisotopic (exact) mass is 298 g/mol. The molecule has 6 heteroatoms. The molecule has 1 amide bonds. The zero-order chi connectivity index (χ0) is 11.8. The van der Waals surface area contributed by atoms with E-state index in [9.17, 15) is 4.79 Å². The first-order chi connectivity index (χ1) is 8.20. The van der Waals surface area contributed by atoms with Crippen molar-refractivity contribution >= 4 is 21.8 Å². The maximum absolute atomic E-state index is 11.1. The number of hydrogen-bond acceptors (Lipinski definition) is 3. The quantitative estimate of drug-likeness (QED) is 0.891. The summed E-state index contributed by atoms with van der Waals surface area (Å²) >= 11 is 3.40. The van der Waals surface area contributed by atoms with E-state index in [2.05, 4.69) is 31.2 Å². The summed E-state index contributed by atoms with van der Waals surface area (Å²) in [6, 6.07) is 0.492. The van der Waals surface area contributed by atoms with Gasteiger partial charge in [0.1, 0.15) is 0 Å². The number of likely N-dealkylation sites (tertiary alicyclic amines) is 1. The molecule has 0 saturated carbocycles. The summed E-state index contributed by atoms with van der Waals surface area (Å²) in [4.78, 5) is 13.5. The van der Waals surface area contributed by atoms with Crippen molar-refractivity contribution in [3.63, 3.8) is 0 Å². The lowest BCUT2D eigenvalue weighted by Gasteiger charge is -2.40. The molecule has 0 radical (unpaired) electrons. The van der Waals surface area contributed by atoms with Gasteiger partial charge in [-0.15, -0.1) is 0 Å². The number of aromatic nitrogens is 2. The SMILES string of the molecule is O=C1CC(CN2CC(n3cc(Br)cn3)C2)CN1. The minimum absolute atomic E-state index is 0.197. The molecule has 1 unspecified atom stereocenters. The summed E-state index contributed by atoms with van der Waals surface area (Å²) in [6.07, 6.45) is 4.53. The van der Waals surface area contributed by atoms with Gasteiger partial charge in [-0.05, 0) is 21.8 Å². The van der Waals surface area contributed by atoms with E-state index in [1.807, 2.05) is 17.1 Å². The molecule has 2 saturated heterocycles. The van der Waals surface area contributed by atoms with Gasteiger partial charge in [-0.25, -0.2) is 0 Å². The number of amides is 1. The predicted molar refractivity (Wildman–Crippen MR) is 66.5 cm³/mol. The van der Waals surface area contributed by atoms with E-state index < -0.39 is 0 Å². The van der Waals surface area contributed by atoms with Crippen molar-refractivity contribution in [2.75, 3.05) is 26.2 Å². The number of rotatable bonds is 3. The van der Waals surface area contributed by atoms with Gasteiger partial charge < -0.3 is 5.32 Å². The average Bonchev–Trinajstić information content (AvgIpc) is 2.81. The van der Waals surface area contributed by atoms with E-state index in [0.717, 1.165) is 30.7 Å². The van der Waals surface area contributed by atoms with Crippen LogP contribution >= 0.6 is 15.9 Å². The second kappa shape index (κ2) is 4.42. The van der Waals surface area contributed by atoms with Gasteiger partial charge in [-0.3, -0.25) is 14.4 Å². The van der Waals surface area contributed by atoms with Gasteiger partial charge in [0.15, 0.2) is 0 Å². The fraction of sp³-hybridized carbons (Fsp3) is 0.636. The van der Waals surface area contributed by atoms with Crippen LogP contribution in [0.25, 0.3) is 0 Å². The maximum atomic E-state index is 11.1. The van der Waals surface area contributed by atoms with Crippen molar-refractivity contribution in [1.82, 2.24) is 20.0 Å². The molecule has 0 aliphatic carbocycles. The zero-order valence-corrected chi connectivity index (χ0v) is 11.1. The van der Waals surface area contributed by atoms with Gasteiger partial charge in [0.2, 0.25) is 5.91 Å². The van der Waals surface area contributed by atoms with Gasteiger partial charge in [-0.2, -0.15) is 5.10 Å². The van der Waals surface area contributed by atoms with Gasteiger partial charge >= 0.3 is 0 Å². The second-order valence-electron chi connectivity index (χ2n) is 4.89. The second-order valence-corrected chi connectivity index (χ2v) is 5.80. The number of nitrogens with one attached hydrogen (secondary N) is 1. The van der Waals surface area contributed by atoms with Crippen molar-refractivity contribution in [1.29, 1.82) is 0 Å². The highest BCUT2D eigenvalue weighted by Gasteiger charge is 2.32. The molecule has 1 aromatic heterocycles. The topological polar surface area (TPSA) is 50.2 Å². The molecule has 3 rings (SSSR count). The summed E-state index contributed by atoms with van der Waals surface area (Å²) in [6.45, 7) is 3.95. The zero-order valence-electron chi connectivity index (χ0n) is 9.47.